The lowest BCUT2D eigenvalue weighted by molar-refractivity contribution is 0.104. The van der Waals surface area contributed by atoms with Gasteiger partial charge in [0.1, 0.15) is 0 Å². The molecule has 0 radical (unpaired) electrons. The molecule has 2 aromatic rings. The van der Waals surface area contributed by atoms with E-state index in [4.69, 9.17) is 0 Å². The third-order valence-electron chi connectivity index (χ3n) is 3.27. The van der Waals surface area contributed by atoms with Gasteiger partial charge in [-0.25, -0.2) is 0 Å². The maximum absolute atomic E-state index is 12.3. The first-order chi connectivity index (χ1) is 9.79. The van der Waals surface area contributed by atoms with Gasteiger partial charge in [0.15, 0.2) is 5.78 Å². The Morgan fingerprint density at radius 1 is 1.10 bits per heavy atom. The van der Waals surface area contributed by atoms with Crippen LogP contribution in [0, 0.1) is 0 Å². The number of thioether (sulfide) groups is 1. The molecule has 20 heavy (non-hydrogen) atoms. The molecule has 0 amide bonds. The number of hydrogen-bond acceptors (Lipinski definition) is 3. The lowest BCUT2D eigenvalue weighted by atomic mass is 10.1. The number of nitrogens with zero attached hydrogens (tertiary/aromatic N) is 1. The van der Waals surface area contributed by atoms with Crippen molar-refractivity contribution in [2.24, 2.45) is 0 Å². The van der Waals surface area contributed by atoms with Crippen molar-refractivity contribution in [3.05, 3.63) is 71.3 Å². The Kier molecular flexibility index (Phi) is 3.61. The molecular formula is C17H15NOS. The van der Waals surface area contributed by atoms with Crippen molar-refractivity contribution in [2.45, 2.75) is 11.8 Å². The Hall–Kier alpha value is -2.00. The van der Waals surface area contributed by atoms with Crippen LogP contribution in [-0.2, 0) is 0 Å². The quantitative estimate of drug-likeness (QED) is 0.616. The van der Waals surface area contributed by atoms with Crippen molar-refractivity contribution < 1.29 is 4.79 Å². The van der Waals surface area contributed by atoms with Gasteiger partial charge in [0, 0.05) is 23.1 Å². The first kappa shape index (κ1) is 13.0. The lowest BCUT2D eigenvalue weighted by Gasteiger charge is -2.17. The Bertz CT molecular complexity index is 664. The van der Waals surface area contributed by atoms with Crippen molar-refractivity contribution in [3.8, 4) is 0 Å². The van der Waals surface area contributed by atoms with Gasteiger partial charge in [0.25, 0.3) is 0 Å². The normalized spacial score (nSPS) is 15.4. The molecule has 3 rings (SSSR count). The molecule has 1 aliphatic heterocycles. The molecule has 0 aliphatic carbocycles. The molecule has 3 heteroatoms. The van der Waals surface area contributed by atoms with E-state index in [9.17, 15) is 4.79 Å². The van der Waals surface area contributed by atoms with Crippen molar-refractivity contribution in [1.29, 1.82) is 0 Å². The van der Waals surface area contributed by atoms with Gasteiger partial charge in [-0.05, 0) is 19.1 Å². The number of carbonyl (C=O) groups is 1. The monoisotopic (exact) mass is 281 g/mol. The zero-order chi connectivity index (χ0) is 13.9. The van der Waals surface area contributed by atoms with E-state index >= 15 is 0 Å². The molecule has 2 nitrogen and oxygen atoms in total. The minimum absolute atomic E-state index is 0.0550. The number of anilines is 1. The van der Waals surface area contributed by atoms with Crippen LogP contribution in [0.3, 0.4) is 0 Å². The molecule has 0 N–H and O–H groups in total. The predicted octanol–water partition coefficient (Wildman–Crippen LogP) is 4.34. The zero-order valence-electron chi connectivity index (χ0n) is 11.2. The first-order valence-electron chi connectivity index (χ1n) is 6.65. The molecule has 0 fully saturated rings. The van der Waals surface area contributed by atoms with Crippen LogP contribution >= 0.6 is 11.8 Å². The summed E-state index contributed by atoms with van der Waals surface area (Å²) in [4.78, 5) is 15.7. The van der Waals surface area contributed by atoms with Gasteiger partial charge < -0.3 is 4.90 Å². The van der Waals surface area contributed by atoms with E-state index in [0.29, 0.717) is 0 Å². The smallest absolute Gasteiger partial charge is 0.188 e. The molecule has 100 valence electrons. The van der Waals surface area contributed by atoms with Crippen LogP contribution in [0.4, 0.5) is 5.69 Å². The van der Waals surface area contributed by atoms with Crippen LogP contribution in [0.1, 0.15) is 17.3 Å². The van der Waals surface area contributed by atoms with E-state index in [2.05, 4.69) is 24.0 Å². The van der Waals surface area contributed by atoms with Crippen molar-refractivity contribution in [2.75, 3.05) is 11.4 Å². The summed E-state index contributed by atoms with van der Waals surface area (Å²) in [6, 6.07) is 17.6. The summed E-state index contributed by atoms with van der Waals surface area (Å²) in [7, 11) is 0. The minimum Gasteiger partial charge on any atom is -0.335 e. The third-order valence-corrected chi connectivity index (χ3v) is 4.38. The SMILES string of the molecule is CCN1/C(=C/C(=O)c2ccccc2)Sc2ccccc21. The third kappa shape index (κ3) is 2.37. The number of rotatable bonds is 3. The Balaban J connectivity index is 1.92. The average Bonchev–Trinajstić information content (AvgIpc) is 2.85. The summed E-state index contributed by atoms with van der Waals surface area (Å²) in [5.74, 6) is 0.0550. The first-order valence-corrected chi connectivity index (χ1v) is 7.46. The molecule has 0 unspecified atom stereocenters. The molecule has 0 atom stereocenters. The summed E-state index contributed by atoms with van der Waals surface area (Å²) in [5.41, 5.74) is 1.92. The highest BCUT2D eigenvalue weighted by Gasteiger charge is 2.24. The second-order valence-corrected chi connectivity index (χ2v) is 5.59. The fourth-order valence-electron chi connectivity index (χ4n) is 2.28. The Morgan fingerprint density at radius 3 is 2.55 bits per heavy atom. The highest BCUT2D eigenvalue weighted by atomic mass is 32.2. The van der Waals surface area contributed by atoms with Gasteiger partial charge in [0.2, 0.25) is 0 Å². The van der Waals surface area contributed by atoms with Gasteiger partial charge in [-0.2, -0.15) is 0 Å². The minimum atomic E-state index is 0.0550. The van der Waals surface area contributed by atoms with Gasteiger partial charge in [-0.1, -0.05) is 54.2 Å². The molecule has 0 saturated heterocycles. The summed E-state index contributed by atoms with van der Waals surface area (Å²) in [6.07, 6.45) is 1.74. The van der Waals surface area contributed by atoms with Crippen LogP contribution in [0.5, 0.6) is 0 Å². The highest BCUT2D eigenvalue weighted by Crippen LogP contribution is 2.45. The molecule has 0 saturated carbocycles. The second kappa shape index (κ2) is 5.55. The van der Waals surface area contributed by atoms with Crippen molar-refractivity contribution in [1.82, 2.24) is 0 Å². The van der Waals surface area contributed by atoms with E-state index in [-0.39, 0.29) is 5.78 Å². The molecule has 1 heterocycles. The van der Waals surface area contributed by atoms with Crippen LogP contribution in [0.25, 0.3) is 0 Å². The molecule has 2 aromatic carbocycles. The van der Waals surface area contributed by atoms with Crippen LogP contribution in [-0.4, -0.2) is 12.3 Å². The summed E-state index contributed by atoms with van der Waals surface area (Å²) in [6.45, 7) is 2.96. The number of ketones is 1. The maximum atomic E-state index is 12.3. The number of benzene rings is 2. The average molecular weight is 281 g/mol. The number of fused-ring (bicyclic) bond motifs is 1. The fraction of sp³-hybridized carbons (Fsp3) is 0.118. The van der Waals surface area contributed by atoms with Crippen molar-refractivity contribution in [3.63, 3.8) is 0 Å². The zero-order valence-corrected chi connectivity index (χ0v) is 12.1. The summed E-state index contributed by atoms with van der Waals surface area (Å²) < 4.78 is 0. The van der Waals surface area contributed by atoms with Gasteiger partial charge >= 0.3 is 0 Å². The predicted molar refractivity (Wildman–Crippen MR) is 84.2 cm³/mol. The van der Waals surface area contributed by atoms with Gasteiger partial charge in [-0.15, -0.1) is 0 Å². The molecule has 0 bridgehead atoms. The van der Waals surface area contributed by atoms with Crippen LogP contribution in [0.2, 0.25) is 0 Å². The topological polar surface area (TPSA) is 20.3 Å². The number of carbonyl (C=O) groups excluding carboxylic acids is 1. The largest absolute Gasteiger partial charge is 0.335 e. The van der Waals surface area contributed by atoms with Crippen LogP contribution in [0.15, 0.2) is 70.6 Å². The summed E-state index contributed by atoms with van der Waals surface area (Å²) >= 11 is 1.66. The standard InChI is InChI=1S/C17H15NOS/c1-2-18-14-10-6-7-11-16(14)20-17(18)12-15(19)13-8-4-3-5-9-13/h3-12H,2H2,1H3/b17-12-. The van der Waals surface area contributed by atoms with Gasteiger partial charge in [0.05, 0.1) is 10.7 Å². The molecule has 1 aliphatic rings. The molecule has 0 spiro atoms. The fourth-order valence-corrected chi connectivity index (χ4v) is 3.44. The number of para-hydroxylation sites is 1. The van der Waals surface area contributed by atoms with E-state index in [1.54, 1.807) is 17.8 Å². The van der Waals surface area contributed by atoms with E-state index in [0.717, 1.165) is 17.1 Å². The Labute approximate surface area is 123 Å². The maximum Gasteiger partial charge on any atom is 0.188 e. The van der Waals surface area contributed by atoms with Crippen molar-refractivity contribution >= 4 is 23.2 Å². The van der Waals surface area contributed by atoms with Gasteiger partial charge in [-0.3, -0.25) is 4.79 Å². The van der Waals surface area contributed by atoms with E-state index in [1.165, 1.54) is 10.6 Å². The van der Waals surface area contributed by atoms with E-state index < -0.39 is 0 Å². The summed E-state index contributed by atoms with van der Waals surface area (Å²) in [5, 5.41) is 1.00. The molecule has 0 aromatic heterocycles. The lowest BCUT2D eigenvalue weighted by Crippen LogP contribution is -2.17. The van der Waals surface area contributed by atoms with Crippen LogP contribution < -0.4 is 4.90 Å². The highest BCUT2D eigenvalue weighted by molar-refractivity contribution is 8.03. The number of hydrogen-bond donors (Lipinski definition) is 0. The van der Waals surface area contributed by atoms with E-state index in [1.807, 2.05) is 42.5 Å². The second-order valence-electron chi connectivity index (χ2n) is 4.53. The Morgan fingerprint density at radius 2 is 1.80 bits per heavy atom. The number of allylic oxidation sites excluding steroid dienone is 1. The molecular weight excluding hydrogens is 266 g/mol.